The molecule has 0 bridgehead atoms. The quantitative estimate of drug-likeness (QED) is 0.0195. The van der Waals surface area contributed by atoms with Gasteiger partial charge in [0, 0.05) is 12.8 Å². The molecule has 0 aromatic carbocycles. The molecule has 0 aliphatic rings. The Morgan fingerprint density at radius 1 is 0.337 bits per heavy atom. The highest BCUT2D eigenvalue weighted by Crippen LogP contribution is 2.38. The molecule has 10 heteroatoms. The van der Waals surface area contributed by atoms with Crippen LogP contribution in [-0.4, -0.2) is 70.0 Å². The lowest BCUT2D eigenvalue weighted by Gasteiger charge is -2.28. The second-order valence-corrected chi connectivity index (χ2v) is 24.8. The summed E-state index contributed by atoms with van der Waals surface area (Å²) in [4.78, 5) is 38.1. The van der Waals surface area contributed by atoms with Crippen molar-refractivity contribution in [1.29, 1.82) is 0 Å². The third-order valence-corrected chi connectivity index (χ3v) is 14.6. The van der Waals surface area contributed by atoms with E-state index in [-0.39, 0.29) is 26.1 Å². The van der Waals surface area contributed by atoms with Gasteiger partial charge < -0.3 is 27.9 Å². The zero-order chi connectivity index (χ0) is 66.9. The van der Waals surface area contributed by atoms with Crippen LogP contribution in [0.1, 0.15) is 219 Å². The van der Waals surface area contributed by atoms with Crippen LogP contribution in [0.25, 0.3) is 0 Å². The van der Waals surface area contributed by atoms with Crippen LogP contribution >= 0.6 is 7.82 Å². The summed E-state index contributed by atoms with van der Waals surface area (Å²) < 4.78 is 34.2. The van der Waals surface area contributed by atoms with E-state index in [9.17, 15) is 19.0 Å². The maximum atomic E-state index is 12.8. The summed E-state index contributed by atoms with van der Waals surface area (Å²) in [7, 11) is 1.09. The molecule has 0 spiro atoms. The van der Waals surface area contributed by atoms with Gasteiger partial charge in [0.2, 0.25) is 0 Å². The van der Waals surface area contributed by atoms with E-state index in [1.54, 1.807) is 0 Å². The van der Waals surface area contributed by atoms with Gasteiger partial charge in [-0.2, -0.15) is 0 Å². The minimum absolute atomic E-state index is 0.0554. The number of hydrogen-bond acceptors (Lipinski definition) is 8. The molecule has 0 radical (unpaired) electrons. The molecule has 0 aromatic rings. The highest BCUT2D eigenvalue weighted by Gasteiger charge is 2.22. The monoisotopic (exact) mass is 1280 g/mol. The predicted molar refractivity (Wildman–Crippen MR) is 396 cm³/mol. The van der Waals surface area contributed by atoms with Crippen LogP contribution < -0.4 is 4.89 Å². The van der Waals surface area contributed by atoms with E-state index in [4.69, 9.17) is 18.5 Å². The molecule has 0 fully saturated rings. The molecule has 0 aliphatic heterocycles. The van der Waals surface area contributed by atoms with Gasteiger partial charge in [-0.25, -0.2) is 0 Å². The van der Waals surface area contributed by atoms with E-state index >= 15 is 0 Å². The standard InChI is InChI=1S/C82H126NO8P/c1-6-8-10-12-14-16-18-20-22-24-26-28-30-32-34-36-38-40-41-43-44-46-48-50-52-54-56-58-60-62-64-66-68-70-72-74-81(84)88-78-80(79-90-92(86,87)89-77-76-83(3,4)5)91-82(85)75-73-71-69-67-65-63-61-59-57-55-53-51-49-47-45-42-39-37-35-33-31-29-27-25-23-21-19-17-15-13-11-9-7-2/h8-11,14-17,20-23,26-29,32-35,38-40,42-44,47-50,53-56,59,61,65,67,80H,6-7,12-13,18-19,24-25,30-31,36-37,41,45-46,51-52,57-58,60,62-64,66,68-79H2,1-5H3/b10-8-,11-9-,16-14-,17-15-,22-20-,23-21-,28-26-,29-27-,34-32-,35-33-,40-38-,42-39-,44-43-,49-47-,50-48-,55-53-,56-54-,61-59-,67-65-. The van der Waals surface area contributed by atoms with Crippen LogP contribution in [0.3, 0.4) is 0 Å². The molecule has 0 amide bonds. The number of phosphoric acid groups is 1. The summed E-state index contributed by atoms with van der Waals surface area (Å²) in [5, 5.41) is 0. The van der Waals surface area contributed by atoms with Crippen LogP contribution in [0.5, 0.6) is 0 Å². The Kier molecular flexibility index (Phi) is 64.9. The number of carbonyl (C=O) groups is 2. The molecule has 0 heterocycles. The number of hydrogen-bond donors (Lipinski definition) is 0. The van der Waals surface area contributed by atoms with Crippen molar-refractivity contribution in [3.63, 3.8) is 0 Å². The smallest absolute Gasteiger partial charge is 0.306 e. The first-order valence-electron chi connectivity index (χ1n) is 35.1. The van der Waals surface area contributed by atoms with Gasteiger partial charge in [0.25, 0.3) is 7.82 Å². The lowest BCUT2D eigenvalue weighted by Crippen LogP contribution is -2.37. The van der Waals surface area contributed by atoms with Crippen LogP contribution in [0.4, 0.5) is 0 Å². The number of rotatable bonds is 61. The molecular formula is C82H126NO8P. The molecule has 0 N–H and O–H groups in total. The maximum absolute atomic E-state index is 12.8. The van der Waals surface area contributed by atoms with Crippen molar-refractivity contribution in [2.45, 2.75) is 225 Å². The van der Waals surface area contributed by atoms with Gasteiger partial charge in [0.1, 0.15) is 19.8 Å². The topological polar surface area (TPSA) is 111 Å². The highest BCUT2D eigenvalue weighted by atomic mass is 31.2. The fraction of sp³-hybridized carbons (Fsp3) is 0.512. The second kappa shape index (κ2) is 69.4. The third-order valence-electron chi connectivity index (χ3n) is 13.7. The van der Waals surface area contributed by atoms with Crippen molar-refractivity contribution < 1.29 is 42.1 Å². The number of likely N-dealkylation sites (N-methyl/N-ethyl adjacent to an activating group) is 1. The molecular weight excluding hydrogens is 1160 g/mol. The molecule has 0 rings (SSSR count). The first-order chi connectivity index (χ1) is 45.0. The Hall–Kier alpha value is -5.93. The average Bonchev–Trinajstić information content (AvgIpc) is 2.23. The SMILES string of the molecule is CC/C=C\C/C=C\C/C=C\C/C=C\C/C=C\C/C=C\C/C=C\C/C=C\C/C=C\C/C=C\CCCCC(=O)OC(COC(=O)CCCCCCCCC/C=C\C/C=C\C/C=C\C/C=C\C/C=C\C/C=C\C/C=C\C/C=C\C/C=C\CC)COP(=O)([O-])OCC[N+](C)(C)C. The van der Waals surface area contributed by atoms with Crippen molar-refractivity contribution in [3.8, 4) is 0 Å². The van der Waals surface area contributed by atoms with E-state index < -0.39 is 32.5 Å². The van der Waals surface area contributed by atoms with Gasteiger partial charge in [-0.05, 0) is 161 Å². The number of unbranched alkanes of at least 4 members (excludes halogenated alkanes) is 9. The van der Waals surface area contributed by atoms with Crippen LogP contribution in [0.2, 0.25) is 0 Å². The fourth-order valence-electron chi connectivity index (χ4n) is 8.38. The Bertz CT molecular complexity index is 2400. The predicted octanol–water partition coefficient (Wildman–Crippen LogP) is 22.7. The van der Waals surface area contributed by atoms with Crippen molar-refractivity contribution in [3.05, 3.63) is 231 Å². The summed E-state index contributed by atoms with van der Waals surface area (Å²) in [5.41, 5.74) is 0. The van der Waals surface area contributed by atoms with Gasteiger partial charge in [-0.3, -0.25) is 14.2 Å². The zero-order valence-electron chi connectivity index (χ0n) is 58.1. The van der Waals surface area contributed by atoms with Gasteiger partial charge in [-0.1, -0.05) is 277 Å². The lowest BCUT2D eigenvalue weighted by molar-refractivity contribution is -0.870. The average molecular weight is 1280 g/mol. The number of nitrogens with zero attached hydrogens (tertiary/aromatic N) is 1. The number of esters is 2. The number of quaternary nitrogens is 1. The molecule has 9 nitrogen and oxygen atoms in total. The normalized spacial score (nSPS) is 14.5. The first kappa shape index (κ1) is 86.1. The first-order valence-corrected chi connectivity index (χ1v) is 36.6. The van der Waals surface area contributed by atoms with Crippen LogP contribution in [0, 0.1) is 0 Å². The van der Waals surface area contributed by atoms with E-state index in [0.717, 1.165) is 161 Å². The van der Waals surface area contributed by atoms with Crippen molar-refractivity contribution in [1.82, 2.24) is 0 Å². The number of allylic oxidation sites excluding steroid dienone is 38. The minimum Gasteiger partial charge on any atom is -0.756 e. The van der Waals surface area contributed by atoms with Gasteiger partial charge in [0.15, 0.2) is 6.10 Å². The Morgan fingerprint density at radius 2 is 0.587 bits per heavy atom. The molecule has 2 atom stereocenters. The summed E-state index contributed by atoms with van der Waals surface area (Å²) in [5.74, 6) is -0.918. The third kappa shape index (κ3) is 73.1. The summed E-state index contributed by atoms with van der Waals surface area (Å²) in [6, 6.07) is 0. The summed E-state index contributed by atoms with van der Waals surface area (Å²) >= 11 is 0. The van der Waals surface area contributed by atoms with Crippen molar-refractivity contribution in [2.75, 3.05) is 47.5 Å². The van der Waals surface area contributed by atoms with E-state index in [1.165, 1.54) is 19.3 Å². The molecule has 92 heavy (non-hydrogen) atoms. The lowest BCUT2D eigenvalue weighted by atomic mass is 10.1. The Balaban J connectivity index is 4.27. The van der Waals surface area contributed by atoms with Gasteiger partial charge >= 0.3 is 11.9 Å². The second-order valence-electron chi connectivity index (χ2n) is 23.4. The van der Waals surface area contributed by atoms with Crippen LogP contribution in [-0.2, 0) is 32.7 Å². The highest BCUT2D eigenvalue weighted by molar-refractivity contribution is 7.45. The van der Waals surface area contributed by atoms with E-state index in [0.29, 0.717) is 23.9 Å². The fourth-order valence-corrected chi connectivity index (χ4v) is 9.11. The van der Waals surface area contributed by atoms with Crippen LogP contribution in [0.15, 0.2) is 231 Å². The molecule has 0 saturated carbocycles. The zero-order valence-corrected chi connectivity index (χ0v) is 59.0. The molecule has 2 unspecified atom stereocenters. The largest absolute Gasteiger partial charge is 0.756 e. The Labute approximate surface area is 562 Å². The van der Waals surface area contributed by atoms with E-state index in [2.05, 4.69) is 245 Å². The molecule has 0 aliphatic carbocycles. The molecule has 0 aromatic heterocycles. The summed E-state index contributed by atoms with van der Waals surface area (Å²) in [6.07, 6.45) is 113. The molecule has 512 valence electrons. The number of ether oxygens (including phenoxy) is 2. The van der Waals surface area contributed by atoms with Crippen molar-refractivity contribution >= 4 is 19.8 Å². The van der Waals surface area contributed by atoms with Crippen molar-refractivity contribution in [2.24, 2.45) is 0 Å². The minimum atomic E-state index is -4.68. The Morgan fingerprint density at radius 3 is 0.891 bits per heavy atom. The number of phosphoric ester groups is 1. The summed E-state index contributed by atoms with van der Waals surface area (Å²) in [6.45, 7) is 3.91. The van der Waals surface area contributed by atoms with Gasteiger partial charge in [-0.15, -0.1) is 0 Å². The van der Waals surface area contributed by atoms with Gasteiger partial charge in [0.05, 0.1) is 27.7 Å². The number of carbonyl (C=O) groups excluding carboxylic acids is 2. The molecule has 0 saturated heterocycles. The van der Waals surface area contributed by atoms with E-state index in [1.807, 2.05) is 21.1 Å². The maximum Gasteiger partial charge on any atom is 0.306 e.